The summed E-state index contributed by atoms with van der Waals surface area (Å²) in [5.41, 5.74) is 0. The molecule has 0 aromatic rings. The van der Waals surface area contributed by atoms with Crippen LogP contribution in [0.25, 0.3) is 0 Å². The standard InChI is InChI=1S/C9H17NO4S/c1-14-8-9(11)7-10-3-2-5-15(12,13)6-4-10/h2-8H2,1H3. The fraction of sp³-hybridized carbons (Fsp3) is 0.889. The van der Waals surface area contributed by atoms with Crippen molar-refractivity contribution >= 4 is 15.6 Å². The second-order valence-electron chi connectivity index (χ2n) is 3.75. The number of rotatable bonds is 4. The highest BCUT2D eigenvalue weighted by molar-refractivity contribution is 7.91. The average Bonchev–Trinajstić information content (AvgIpc) is 2.28. The Kier molecular flexibility index (Phi) is 4.69. The van der Waals surface area contributed by atoms with Crippen molar-refractivity contribution in [3.63, 3.8) is 0 Å². The molecule has 0 amide bonds. The highest BCUT2D eigenvalue weighted by Crippen LogP contribution is 2.04. The van der Waals surface area contributed by atoms with Gasteiger partial charge >= 0.3 is 0 Å². The van der Waals surface area contributed by atoms with Gasteiger partial charge in [0.15, 0.2) is 15.6 Å². The highest BCUT2D eigenvalue weighted by atomic mass is 32.2. The summed E-state index contributed by atoms with van der Waals surface area (Å²) in [5, 5.41) is 0. The summed E-state index contributed by atoms with van der Waals surface area (Å²) in [5.74, 6) is 0.395. The first-order chi connectivity index (χ1) is 7.03. The minimum absolute atomic E-state index is 0.00296. The smallest absolute Gasteiger partial charge is 0.172 e. The van der Waals surface area contributed by atoms with Crippen LogP contribution in [-0.2, 0) is 19.4 Å². The van der Waals surface area contributed by atoms with Gasteiger partial charge in [-0.2, -0.15) is 0 Å². The molecule has 1 aliphatic heterocycles. The highest BCUT2D eigenvalue weighted by Gasteiger charge is 2.20. The summed E-state index contributed by atoms with van der Waals surface area (Å²) < 4.78 is 27.3. The summed E-state index contributed by atoms with van der Waals surface area (Å²) in [4.78, 5) is 13.1. The Hall–Kier alpha value is -0.460. The number of Topliss-reactive ketones (excluding diaryl/α,β-unsaturated/α-hetero) is 1. The third kappa shape index (κ3) is 4.72. The molecule has 6 heteroatoms. The Balaban J connectivity index is 2.41. The molecule has 5 nitrogen and oxygen atoms in total. The molecule has 0 N–H and O–H groups in total. The van der Waals surface area contributed by atoms with Crippen LogP contribution in [0.5, 0.6) is 0 Å². The van der Waals surface area contributed by atoms with Crippen molar-refractivity contribution in [3.05, 3.63) is 0 Å². The van der Waals surface area contributed by atoms with Crippen LogP contribution in [0.4, 0.5) is 0 Å². The van der Waals surface area contributed by atoms with Crippen molar-refractivity contribution in [2.45, 2.75) is 6.42 Å². The average molecular weight is 235 g/mol. The SMILES string of the molecule is COCC(=O)CN1CCCS(=O)(=O)CC1. The first-order valence-electron chi connectivity index (χ1n) is 4.97. The van der Waals surface area contributed by atoms with E-state index in [1.807, 2.05) is 4.90 Å². The fourth-order valence-corrected chi connectivity index (χ4v) is 2.91. The lowest BCUT2D eigenvalue weighted by Gasteiger charge is -2.17. The summed E-state index contributed by atoms with van der Waals surface area (Å²) in [6.07, 6.45) is 0.614. The van der Waals surface area contributed by atoms with Crippen LogP contribution in [0, 0.1) is 0 Å². The van der Waals surface area contributed by atoms with Crippen molar-refractivity contribution in [2.75, 3.05) is 44.9 Å². The minimum Gasteiger partial charge on any atom is -0.377 e. The summed E-state index contributed by atoms with van der Waals surface area (Å²) in [6, 6.07) is 0. The van der Waals surface area contributed by atoms with Crippen molar-refractivity contribution in [1.82, 2.24) is 4.90 Å². The van der Waals surface area contributed by atoms with E-state index in [2.05, 4.69) is 0 Å². The van der Waals surface area contributed by atoms with Crippen molar-refractivity contribution in [2.24, 2.45) is 0 Å². The second-order valence-corrected chi connectivity index (χ2v) is 6.06. The van der Waals surface area contributed by atoms with E-state index in [9.17, 15) is 13.2 Å². The van der Waals surface area contributed by atoms with Crippen LogP contribution in [0.15, 0.2) is 0 Å². The lowest BCUT2D eigenvalue weighted by molar-refractivity contribution is -0.123. The first kappa shape index (κ1) is 12.6. The quantitative estimate of drug-likeness (QED) is 0.646. The molecule has 1 heterocycles. The molecule has 15 heavy (non-hydrogen) atoms. The molecule has 0 atom stereocenters. The van der Waals surface area contributed by atoms with E-state index < -0.39 is 9.84 Å². The summed E-state index contributed by atoms with van der Waals surface area (Å²) >= 11 is 0. The Labute approximate surface area is 90.3 Å². The van der Waals surface area contributed by atoms with Crippen LogP contribution >= 0.6 is 0 Å². The number of ketones is 1. The molecule has 88 valence electrons. The van der Waals surface area contributed by atoms with Gasteiger partial charge < -0.3 is 4.74 Å². The van der Waals surface area contributed by atoms with Crippen molar-refractivity contribution < 1.29 is 17.9 Å². The third-order valence-electron chi connectivity index (χ3n) is 2.35. The molecular weight excluding hydrogens is 218 g/mol. The normalized spacial score (nSPS) is 22.2. The molecule has 0 aromatic carbocycles. The van der Waals surface area contributed by atoms with Crippen LogP contribution in [-0.4, -0.2) is 64.0 Å². The molecule has 0 saturated carbocycles. The van der Waals surface area contributed by atoms with Gasteiger partial charge in [-0.3, -0.25) is 9.69 Å². The van der Waals surface area contributed by atoms with Crippen molar-refractivity contribution in [1.29, 1.82) is 0 Å². The number of hydrogen-bond acceptors (Lipinski definition) is 5. The number of nitrogens with zero attached hydrogens (tertiary/aromatic N) is 1. The first-order valence-corrected chi connectivity index (χ1v) is 6.79. The molecule has 1 rings (SSSR count). The van der Waals surface area contributed by atoms with Gasteiger partial charge in [0.2, 0.25) is 0 Å². The van der Waals surface area contributed by atoms with Gasteiger partial charge in [-0.15, -0.1) is 0 Å². The molecule has 1 saturated heterocycles. The number of carbonyl (C=O) groups is 1. The number of sulfone groups is 1. The zero-order valence-electron chi connectivity index (χ0n) is 8.94. The molecule has 1 fully saturated rings. The van der Waals surface area contributed by atoms with E-state index in [4.69, 9.17) is 4.74 Å². The monoisotopic (exact) mass is 235 g/mol. The van der Waals surface area contributed by atoms with Gasteiger partial charge in [0.05, 0.1) is 18.1 Å². The summed E-state index contributed by atoms with van der Waals surface area (Å²) in [7, 11) is -1.41. The van der Waals surface area contributed by atoms with Gasteiger partial charge in [0.1, 0.15) is 6.61 Å². The Morgan fingerprint density at radius 3 is 2.73 bits per heavy atom. The van der Waals surface area contributed by atoms with E-state index in [1.54, 1.807) is 0 Å². The Bertz CT molecular complexity index is 312. The number of carbonyl (C=O) groups excluding carboxylic acids is 1. The molecule has 0 unspecified atom stereocenters. The number of ether oxygens (including phenoxy) is 1. The van der Waals surface area contributed by atoms with Crippen LogP contribution in [0.2, 0.25) is 0 Å². The summed E-state index contributed by atoms with van der Waals surface area (Å²) in [6.45, 7) is 1.53. The minimum atomic E-state index is -2.88. The van der Waals surface area contributed by atoms with Crippen LogP contribution in [0.3, 0.4) is 0 Å². The molecule has 0 bridgehead atoms. The van der Waals surface area contributed by atoms with Gasteiger partial charge in [-0.25, -0.2) is 8.42 Å². The van der Waals surface area contributed by atoms with Crippen molar-refractivity contribution in [3.8, 4) is 0 Å². The Morgan fingerprint density at radius 1 is 1.33 bits per heavy atom. The molecule has 1 aliphatic rings. The Morgan fingerprint density at radius 2 is 2.07 bits per heavy atom. The van der Waals surface area contributed by atoms with E-state index in [-0.39, 0.29) is 23.9 Å². The van der Waals surface area contributed by atoms with Gasteiger partial charge in [-0.05, 0) is 13.0 Å². The molecule has 0 radical (unpaired) electrons. The van der Waals surface area contributed by atoms with E-state index in [0.717, 1.165) is 0 Å². The van der Waals surface area contributed by atoms with E-state index in [1.165, 1.54) is 7.11 Å². The van der Waals surface area contributed by atoms with Gasteiger partial charge in [0, 0.05) is 13.7 Å². The van der Waals surface area contributed by atoms with Gasteiger partial charge in [-0.1, -0.05) is 0 Å². The van der Waals surface area contributed by atoms with Crippen LogP contribution in [0.1, 0.15) is 6.42 Å². The lowest BCUT2D eigenvalue weighted by atomic mass is 10.3. The number of methoxy groups -OCH3 is 1. The lowest BCUT2D eigenvalue weighted by Crippen LogP contribution is -2.33. The zero-order chi connectivity index (χ0) is 11.3. The maximum absolute atomic E-state index is 11.3. The van der Waals surface area contributed by atoms with E-state index >= 15 is 0 Å². The molecular formula is C9H17NO4S. The van der Waals surface area contributed by atoms with Crippen LogP contribution < -0.4 is 0 Å². The second kappa shape index (κ2) is 5.58. The largest absolute Gasteiger partial charge is 0.377 e. The predicted molar refractivity (Wildman–Crippen MR) is 56.6 cm³/mol. The topological polar surface area (TPSA) is 63.7 Å². The molecule has 0 aliphatic carbocycles. The zero-order valence-corrected chi connectivity index (χ0v) is 9.75. The maximum atomic E-state index is 11.3. The number of hydrogen-bond donors (Lipinski definition) is 0. The molecule has 0 spiro atoms. The maximum Gasteiger partial charge on any atom is 0.172 e. The fourth-order valence-electron chi connectivity index (χ4n) is 1.60. The predicted octanol–water partition coefficient (Wildman–Crippen LogP) is -0.678. The van der Waals surface area contributed by atoms with E-state index in [0.29, 0.717) is 26.1 Å². The molecule has 0 aromatic heterocycles. The third-order valence-corrected chi connectivity index (χ3v) is 4.07. The van der Waals surface area contributed by atoms with Gasteiger partial charge in [0.25, 0.3) is 0 Å².